The molecule has 0 spiro atoms. The topological polar surface area (TPSA) is 266 Å². The standard InChI is InChI=1S/C39H43N7O11/c1-3-24-25-13-23(47)15-42-34(25)45-33-26(24)16-46-30(33)14-28-27(36(46)51)18-55-37(52)39(28,4-2)57-38(53)56-17-21-8-10-22(11-9-21)43-35(50)29(7-5-6-12-40)44-32(49)20-54-19-31(41)48/h8-11,13-15,29,47H,3-7,12,16-20,40H2,1-2H3,(H2,41,48)(H,43,50)(H,44,49). The minimum atomic E-state index is -1.99. The predicted molar refractivity (Wildman–Crippen MR) is 202 cm³/mol. The highest BCUT2D eigenvalue weighted by molar-refractivity contribution is 5.97. The van der Waals surface area contributed by atoms with Gasteiger partial charge in [-0.3, -0.25) is 19.2 Å². The van der Waals surface area contributed by atoms with Crippen LogP contribution in [0.15, 0.2) is 47.4 Å². The summed E-state index contributed by atoms with van der Waals surface area (Å²) in [6, 6.07) is 8.66. The van der Waals surface area contributed by atoms with Crippen LogP contribution in [-0.2, 0) is 69.9 Å². The first-order valence-electron chi connectivity index (χ1n) is 18.4. The fourth-order valence-electron chi connectivity index (χ4n) is 7.06. The number of hydrogen-bond donors (Lipinski definition) is 5. The number of anilines is 1. The largest absolute Gasteiger partial charge is 0.510 e. The molecule has 0 radical (unpaired) electrons. The van der Waals surface area contributed by atoms with Crippen LogP contribution in [0.4, 0.5) is 10.5 Å². The van der Waals surface area contributed by atoms with Gasteiger partial charge in [0, 0.05) is 22.2 Å². The predicted octanol–water partition coefficient (Wildman–Crippen LogP) is 2.16. The van der Waals surface area contributed by atoms with Crippen molar-refractivity contribution < 1.29 is 48.0 Å². The van der Waals surface area contributed by atoms with Crippen LogP contribution in [0.3, 0.4) is 0 Å². The third kappa shape index (κ3) is 8.41. The van der Waals surface area contributed by atoms with Crippen LogP contribution in [0.25, 0.3) is 22.4 Å². The Balaban J connectivity index is 1.15. The highest BCUT2D eigenvalue weighted by Gasteiger charge is 2.51. The number of carbonyl (C=O) groups excluding carboxylic acids is 5. The molecule has 3 amide bonds. The van der Waals surface area contributed by atoms with Crippen molar-refractivity contribution in [2.24, 2.45) is 11.5 Å². The number of hydrogen-bond acceptors (Lipinski definition) is 14. The van der Waals surface area contributed by atoms with Gasteiger partial charge in [0.25, 0.3) is 5.56 Å². The number of nitrogens with two attached hydrogens (primary N) is 2. The summed E-state index contributed by atoms with van der Waals surface area (Å²) >= 11 is 0. The van der Waals surface area contributed by atoms with Crippen molar-refractivity contribution in [3.8, 4) is 17.1 Å². The van der Waals surface area contributed by atoms with Crippen LogP contribution in [0.1, 0.15) is 67.3 Å². The maximum absolute atomic E-state index is 14.0. The van der Waals surface area contributed by atoms with Crippen molar-refractivity contribution >= 4 is 46.6 Å². The zero-order chi connectivity index (χ0) is 40.9. The van der Waals surface area contributed by atoms with E-state index in [4.69, 9.17) is 35.4 Å². The summed E-state index contributed by atoms with van der Waals surface area (Å²) in [5.74, 6) is -2.69. The van der Waals surface area contributed by atoms with E-state index in [1.165, 1.54) is 6.20 Å². The van der Waals surface area contributed by atoms with Crippen LogP contribution >= 0.6 is 0 Å². The number of carbonyl (C=O) groups is 5. The Morgan fingerprint density at radius 1 is 1.07 bits per heavy atom. The smallest absolute Gasteiger partial charge is 0.506 e. The number of nitrogens with zero attached hydrogens (tertiary/aromatic N) is 3. The molecule has 4 aromatic rings. The summed E-state index contributed by atoms with van der Waals surface area (Å²) in [6.07, 6.45) is 2.13. The van der Waals surface area contributed by atoms with E-state index in [1.807, 2.05) is 6.92 Å². The molecule has 18 nitrogen and oxygen atoms in total. The Hall–Kier alpha value is -6.40. The van der Waals surface area contributed by atoms with Crippen molar-refractivity contribution in [2.75, 3.05) is 25.1 Å². The molecule has 0 aliphatic carbocycles. The molecular weight excluding hydrogens is 742 g/mol. The lowest BCUT2D eigenvalue weighted by Gasteiger charge is -2.35. The van der Waals surface area contributed by atoms with Crippen molar-refractivity contribution in [3.63, 3.8) is 0 Å². The van der Waals surface area contributed by atoms with E-state index in [0.717, 1.165) is 11.1 Å². The second-order valence-electron chi connectivity index (χ2n) is 13.6. The Kier molecular flexibility index (Phi) is 12.1. The number of unbranched alkanes of at least 4 members (excludes halogenated alkanes) is 1. The lowest BCUT2D eigenvalue weighted by Crippen LogP contribution is -2.47. The van der Waals surface area contributed by atoms with E-state index in [9.17, 15) is 33.9 Å². The zero-order valence-electron chi connectivity index (χ0n) is 31.4. The number of benzene rings is 1. The SMILES string of the molecule is CCc1c2c(nc3ncc(O)cc13)-c1cc3c(c(=O)n1C2)COC(=O)C3(CC)OC(=O)OCc1ccc(NC(=O)C(CCCCN)NC(=O)COCC(N)=O)cc1. The molecule has 2 atom stereocenters. The van der Waals surface area contributed by atoms with E-state index in [-0.39, 0.29) is 43.1 Å². The van der Waals surface area contributed by atoms with Gasteiger partial charge in [0.05, 0.1) is 29.7 Å². The van der Waals surface area contributed by atoms with Gasteiger partial charge >= 0.3 is 12.1 Å². The maximum atomic E-state index is 14.0. The molecule has 5 heterocycles. The van der Waals surface area contributed by atoms with Crippen molar-refractivity contribution in [3.05, 3.63) is 80.8 Å². The molecule has 0 fully saturated rings. The molecule has 0 saturated carbocycles. The maximum Gasteiger partial charge on any atom is 0.510 e. The molecule has 3 aromatic heterocycles. The Bertz CT molecular complexity index is 2290. The minimum Gasteiger partial charge on any atom is -0.506 e. The quantitative estimate of drug-likeness (QED) is 0.0709. The van der Waals surface area contributed by atoms with Crippen molar-refractivity contribution in [2.45, 2.75) is 77.4 Å². The molecule has 300 valence electrons. The Labute approximate surface area is 325 Å². The van der Waals surface area contributed by atoms with Gasteiger partial charge in [-0.05, 0) is 74.0 Å². The first-order valence-corrected chi connectivity index (χ1v) is 18.4. The van der Waals surface area contributed by atoms with Gasteiger partial charge < -0.3 is 50.7 Å². The second kappa shape index (κ2) is 17.2. The van der Waals surface area contributed by atoms with Gasteiger partial charge in [0.2, 0.25) is 23.3 Å². The third-order valence-electron chi connectivity index (χ3n) is 9.88. The van der Waals surface area contributed by atoms with E-state index in [0.29, 0.717) is 65.9 Å². The average Bonchev–Trinajstić information content (AvgIpc) is 3.55. The molecule has 2 aliphatic rings. The van der Waals surface area contributed by atoms with Crippen LogP contribution in [0.2, 0.25) is 0 Å². The fraction of sp³-hybridized carbons (Fsp3) is 0.385. The number of cyclic esters (lactones) is 1. The number of primary amides is 1. The molecule has 2 aliphatic heterocycles. The molecule has 7 N–H and O–H groups in total. The van der Waals surface area contributed by atoms with E-state index in [1.54, 1.807) is 47.9 Å². The zero-order valence-corrected chi connectivity index (χ0v) is 31.4. The summed E-state index contributed by atoms with van der Waals surface area (Å²) in [5.41, 5.74) is 12.4. The van der Waals surface area contributed by atoms with Gasteiger partial charge in [-0.25, -0.2) is 19.6 Å². The van der Waals surface area contributed by atoms with Crippen molar-refractivity contribution in [1.82, 2.24) is 19.9 Å². The molecule has 57 heavy (non-hydrogen) atoms. The average molecular weight is 786 g/mol. The van der Waals surface area contributed by atoms with Crippen LogP contribution in [0.5, 0.6) is 5.75 Å². The number of ether oxygens (including phenoxy) is 4. The number of aryl methyl sites for hydroxylation is 1. The molecule has 18 heteroatoms. The Morgan fingerprint density at radius 3 is 2.54 bits per heavy atom. The number of rotatable bonds is 16. The number of aromatic hydroxyl groups is 1. The molecule has 0 bridgehead atoms. The van der Waals surface area contributed by atoms with Crippen LogP contribution in [0, 0.1) is 0 Å². The number of pyridine rings is 3. The first-order chi connectivity index (χ1) is 27.4. The third-order valence-corrected chi connectivity index (χ3v) is 9.88. The van der Waals surface area contributed by atoms with E-state index >= 15 is 0 Å². The summed E-state index contributed by atoms with van der Waals surface area (Å²) < 4.78 is 23.1. The summed E-state index contributed by atoms with van der Waals surface area (Å²) in [7, 11) is 0. The van der Waals surface area contributed by atoms with Gasteiger partial charge in [-0.1, -0.05) is 26.0 Å². The van der Waals surface area contributed by atoms with Gasteiger partial charge in [-0.15, -0.1) is 0 Å². The first kappa shape index (κ1) is 40.3. The highest BCUT2D eigenvalue weighted by atomic mass is 16.7. The van der Waals surface area contributed by atoms with Crippen LogP contribution in [-0.4, -0.2) is 75.3 Å². The monoisotopic (exact) mass is 785 g/mol. The summed E-state index contributed by atoms with van der Waals surface area (Å²) in [5, 5.41) is 16.1. The summed E-state index contributed by atoms with van der Waals surface area (Å²) in [6.45, 7) is 2.72. The minimum absolute atomic E-state index is 0.00858. The van der Waals surface area contributed by atoms with Gasteiger partial charge in [0.15, 0.2) is 5.65 Å². The van der Waals surface area contributed by atoms with E-state index in [2.05, 4.69) is 15.6 Å². The number of amides is 3. The molecule has 6 rings (SSSR count). The second-order valence-corrected chi connectivity index (χ2v) is 13.6. The van der Waals surface area contributed by atoms with Gasteiger partial charge in [-0.2, -0.15) is 0 Å². The lowest BCUT2D eigenvalue weighted by molar-refractivity contribution is -0.175. The molecule has 0 saturated heterocycles. The van der Waals surface area contributed by atoms with Crippen molar-refractivity contribution in [1.29, 1.82) is 0 Å². The van der Waals surface area contributed by atoms with Gasteiger partial charge in [0.1, 0.15) is 38.2 Å². The molecule has 1 aromatic carbocycles. The summed E-state index contributed by atoms with van der Waals surface area (Å²) in [4.78, 5) is 86.0. The Morgan fingerprint density at radius 2 is 1.84 bits per heavy atom. The number of aromatic nitrogens is 3. The van der Waals surface area contributed by atoms with Crippen LogP contribution < -0.4 is 27.7 Å². The highest BCUT2D eigenvalue weighted by Crippen LogP contribution is 2.42. The normalized spacial score (nSPS) is 15.8. The fourth-order valence-corrected chi connectivity index (χ4v) is 7.06. The lowest BCUT2D eigenvalue weighted by atomic mass is 9.85. The number of fused-ring (bicyclic) bond motifs is 5. The number of esters is 1. The molecule has 2 unspecified atom stereocenters. The molecular formula is C39H43N7O11. The van der Waals surface area contributed by atoms with E-state index < -0.39 is 60.3 Å². The number of nitrogens with one attached hydrogen (secondary N) is 2.